The SMILES string of the molecule is CC(=O)c1ccc(OCC(=O)OCc2nc3sc(C)c(C)c3c(=O)[nH]2)cc1. The molecule has 3 aromatic rings. The third-order valence-electron chi connectivity index (χ3n) is 4.08. The number of benzene rings is 1. The number of rotatable bonds is 6. The van der Waals surface area contributed by atoms with Crippen LogP contribution in [0.5, 0.6) is 5.75 Å². The molecule has 0 saturated carbocycles. The lowest BCUT2D eigenvalue weighted by atomic mass is 10.1. The molecule has 0 fully saturated rings. The molecule has 0 atom stereocenters. The van der Waals surface area contributed by atoms with E-state index in [1.54, 1.807) is 24.3 Å². The van der Waals surface area contributed by atoms with Crippen LogP contribution in [0.2, 0.25) is 0 Å². The molecule has 0 aliphatic heterocycles. The van der Waals surface area contributed by atoms with E-state index in [1.807, 2.05) is 13.8 Å². The topological polar surface area (TPSA) is 98.3 Å². The summed E-state index contributed by atoms with van der Waals surface area (Å²) >= 11 is 1.43. The number of aryl methyl sites for hydroxylation is 2. The Morgan fingerprint density at radius 2 is 1.89 bits per heavy atom. The molecule has 0 amide bonds. The first-order valence-corrected chi connectivity index (χ1v) is 9.05. The zero-order valence-corrected chi connectivity index (χ0v) is 15.9. The highest BCUT2D eigenvalue weighted by atomic mass is 32.1. The average molecular weight is 386 g/mol. The number of aromatic amines is 1. The van der Waals surface area contributed by atoms with Crippen LogP contribution in [-0.2, 0) is 16.1 Å². The molecule has 1 aromatic carbocycles. The van der Waals surface area contributed by atoms with Gasteiger partial charge in [-0.25, -0.2) is 9.78 Å². The summed E-state index contributed by atoms with van der Waals surface area (Å²) in [5, 5.41) is 0.574. The zero-order chi connectivity index (χ0) is 19.6. The third-order valence-corrected chi connectivity index (χ3v) is 5.18. The number of carbonyl (C=O) groups excluding carboxylic acids is 2. The van der Waals surface area contributed by atoms with Gasteiger partial charge in [0.1, 0.15) is 23.0 Å². The van der Waals surface area contributed by atoms with Gasteiger partial charge in [-0.05, 0) is 50.6 Å². The van der Waals surface area contributed by atoms with Crippen molar-refractivity contribution in [3.63, 3.8) is 0 Å². The largest absolute Gasteiger partial charge is 0.482 e. The van der Waals surface area contributed by atoms with Crippen molar-refractivity contribution in [1.29, 1.82) is 0 Å². The van der Waals surface area contributed by atoms with Crippen molar-refractivity contribution in [2.75, 3.05) is 6.61 Å². The summed E-state index contributed by atoms with van der Waals surface area (Å²) in [5.74, 6) is 0.102. The van der Waals surface area contributed by atoms with Crippen molar-refractivity contribution < 1.29 is 19.1 Å². The van der Waals surface area contributed by atoms with E-state index in [1.165, 1.54) is 18.3 Å². The van der Waals surface area contributed by atoms with E-state index in [9.17, 15) is 14.4 Å². The quantitative estimate of drug-likeness (QED) is 0.517. The lowest BCUT2D eigenvalue weighted by Crippen LogP contribution is -2.17. The van der Waals surface area contributed by atoms with Gasteiger partial charge in [-0.2, -0.15) is 0 Å². The van der Waals surface area contributed by atoms with Crippen LogP contribution in [0, 0.1) is 13.8 Å². The van der Waals surface area contributed by atoms with Gasteiger partial charge in [0.25, 0.3) is 5.56 Å². The molecule has 7 nitrogen and oxygen atoms in total. The molecule has 2 aromatic heterocycles. The second-order valence-electron chi connectivity index (χ2n) is 6.01. The minimum atomic E-state index is -0.591. The lowest BCUT2D eigenvalue weighted by Gasteiger charge is -2.07. The summed E-state index contributed by atoms with van der Waals surface area (Å²) in [6, 6.07) is 6.46. The van der Waals surface area contributed by atoms with Gasteiger partial charge in [0, 0.05) is 10.4 Å². The Kier molecular flexibility index (Phi) is 5.36. The van der Waals surface area contributed by atoms with Gasteiger partial charge in [-0.3, -0.25) is 9.59 Å². The van der Waals surface area contributed by atoms with Crippen molar-refractivity contribution in [2.45, 2.75) is 27.4 Å². The number of fused-ring (bicyclic) bond motifs is 1. The maximum Gasteiger partial charge on any atom is 0.344 e. The molecule has 27 heavy (non-hydrogen) atoms. The molecule has 0 unspecified atom stereocenters. The second kappa shape index (κ2) is 7.71. The Labute approximate surface area is 159 Å². The number of carbonyl (C=O) groups is 2. The summed E-state index contributed by atoms with van der Waals surface area (Å²) in [5.41, 5.74) is 1.24. The standard InChI is InChI=1S/C19H18N2O5S/c1-10-12(3)27-19-17(10)18(24)20-15(21-19)8-26-16(23)9-25-14-6-4-13(5-7-14)11(2)22/h4-7H,8-9H2,1-3H3,(H,20,21,24). The van der Waals surface area contributed by atoms with E-state index in [0.717, 1.165) is 10.4 Å². The molecule has 0 saturated heterocycles. The lowest BCUT2D eigenvalue weighted by molar-refractivity contribution is -0.147. The fourth-order valence-corrected chi connectivity index (χ4v) is 3.54. The van der Waals surface area contributed by atoms with E-state index in [2.05, 4.69) is 9.97 Å². The first kappa shape index (κ1) is 18.8. The monoisotopic (exact) mass is 386 g/mol. The number of H-pyrrole nitrogens is 1. The molecule has 0 aliphatic carbocycles. The van der Waals surface area contributed by atoms with Gasteiger partial charge >= 0.3 is 5.97 Å². The normalized spacial score (nSPS) is 10.8. The van der Waals surface area contributed by atoms with Crippen LogP contribution in [-0.4, -0.2) is 28.3 Å². The number of Topliss-reactive ketones (excluding diaryl/α,β-unsaturated/α-hetero) is 1. The Hall–Kier alpha value is -3.00. The first-order chi connectivity index (χ1) is 12.8. The highest BCUT2D eigenvalue weighted by Crippen LogP contribution is 2.25. The predicted molar refractivity (Wildman–Crippen MR) is 101 cm³/mol. The van der Waals surface area contributed by atoms with Gasteiger partial charge < -0.3 is 14.5 Å². The van der Waals surface area contributed by atoms with Gasteiger partial charge in [0.05, 0.1) is 5.39 Å². The third kappa shape index (κ3) is 4.22. The molecule has 0 radical (unpaired) electrons. The number of ketones is 1. The number of aromatic nitrogens is 2. The van der Waals surface area contributed by atoms with Crippen molar-refractivity contribution in [1.82, 2.24) is 9.97 Å². The molecule has 8 heteroatoms. The summed E-state index contributed by atoms with van der Waals surface area (Å²) in [6.45, 7) is 4.85. The zero-order valence-electron chi connectivity index (χ0n) is 15.1. The number of hydrogen-bond acceptors (Lipinski definition) is 7. The number of hydrogen-bond donors (Lipinski definition) is 1. The molecule has 140 valence electrons. The van der Waals surface area contributed by atoms with Crippen molar-refractivity contribution in [3.05, 3.63) is 56.4 Å². The van der Waals surface area contributed by atoms with Crippen LogP contribution in [0.1, 0.15) is 33.5 Å². The average Bonchev–Trinajstić information content (AvgIpc) is 2.93. The second-order valence-corrected chi connectivity index (χ2v) is 7.21. The molecule has 3 rings (SSSR count). The van der Waals surface area contributed by atoms with E-state index >= 15 is 0 Å². The Bertz CT molecular complexity index is 1070. The molecule has 0 aliphatic rings. The summed E-state index contributed by atoms with van der Waals surface area (Å²) in [4.78, 5) is 43.9. The highest BCUT2D eigenvalue weighted by Gasteiger charge is 2.13. The summed E-state index contributed by atoms with van der Waals surface area (Å²) < 4.78 is 10.4. The van der Waals surface area contributed by atoms with Gasteiger partial charge in [-0.15, -0.1) is 11.3 Å². The number of nitrogens with one attached hydrogen (secondary N) is 1. The number of nitrogens with zero attached hydrogens (tertiary/aromatic N) is 1. The fraction of sp³-hybridized carbons (Fsp3) is 0.263. The smallest absolute Gasteiger partial charge is 0.344 e. The Balaban J connectivity index is 1.58. The van der Waals surface area contributed by atoms with Crippen LogP contribution < -0.4 is 10.3 Å². The Morgan fingerprint density at radius 3 is 2.56 bits per heavy atom. The van der Waals surface area contributed by atoms with Gasteiger partial charge in [-0.1, -0.05) is 0 Å². The molecule has 2 heterocycles. The maximum atomic E-state index is 12.2. The van der Waals surface area contributed by atoms with Crippen LogP contribution in [0.15, 0.2) is 29.1 Å². The fourth-order valence-electron chi connectivity index (χ4n) is 2.49. The first-order valence-electron chi connectivity index (χ1n) is 8.23. The number of ether oxygens (including phenoxy) is 2. The van der Waals surface area contributed by atoms with Crippen molar-refractivity contribution in [2.24, 2.45) is 0 Å². The van der Waals surface area contributed by atoms with Gasteiger partial charge in [0.2, 0.25) is 0 Å². The molecular weight excluding hydrogens is 368 g/mol. The van der Waals surface area contributed by atoms with E-state index < -0.39 is 5.97 Å². The molecule has 1 N–H and O–H groups in total. The van der Waals surface area contributed by atoms with E-state index in [-0.39, 0.29) is 30.4 Å². The van der Waals surface area contributed by atoms with Gasteiger partial charge in [0.15, 0.2) is 12.4 Å². The van der Waals surface area contributed by atoms with Crippen molar-refractivity contribution in [3.8, 4) is 5.75 Å². The van der Waals surface area contributed by atoms with E-state index in [0.29, 0.717) is 21.5 Å². The molecular formula is C19H18N2O5S. The molecule has 0 bridgehead atoms. The highest BCUT2D eigenvalue weighted by molar-refractivity contribution is 7.18. The summed E-state index contributed by atoms with van der Waals surface area (Å²) in [6.07, 6.45) is 0. The van der Waals surface area contributed by atoms with Crippen molar-refractivity contribution >= 4 is 33.3 Å². The maximum absolute atomic E-state index is 12.2. The Morgan fingerprint density at radius 1 is 1.19 bits per heavy atom. The van der Waals surface area contributed by atoms with Crippen LogP contribution in [0.3, 0.4) is 0 Å². The minimum absolute atomic E-state index is 0.0458. The van der Waals surface area contributed by atoms with Crippen LogP contribution in [0.25, 0.3) is 10.2 Å². The number of esters is 1. The summed E-state index contributed by atoms with van der Waals surface area (Å²) in [7, 11) is 0. The number of thiophene rings is 1. The van der Waals surface area contributed by atoms with Crippen LogP contribution >= 0.6 is 11.3 Å². The van der Waals surface area contributed by atoms with E-state index in [4.69, 9.17) is 9.47 Å². The van der Waals surface area contributed by atoms with Crippen LogP contribution in [0.4, 0.5) is 0 Å². The predicted octanol–water partition coefficient (Wildman–Crippen LogP) is 2.93. The minimum Gasteiger partial charge on any atom is -0.482 e. The molecule has 0 spiro atoms.